The third-order valence-electron chi connectivity index (χ3n) is 2.60. The van der Waals surface area contributed by atoms with E-state index in [0.717, 1.165) is 28.6 Å². The summed E-state index contributed by atoms with van der Waals surface area (Å²) in [6, 6.07) is 7.37. The Hall–Kier alpha value is -1.17. The lowest BCUT2D eigenvalue weighted by Crippen LogP contribution is -2.10. The maximum atomic E-state index is 6.02. The minimum absolute atomic E-state index is 0.598. The van der Waals surface area contributed by atoms with E-state index < -0.39 is 0 Å². The number of nitrogens with one attached hydrogen (secondary N) is 1. The molecule has 0 atom stereocenters. The fourth-order valence-corrected chi connectivity index (χ4v) is 2.34. The summed E-state index contributed by atoms with van der Waals surface area (Å²) in [6.45, 7) is 2.10. The topological polar surface area (TPSA) is 63.8 Å². The molecule has 19 heavy (non-hydrogen) atoms. The molecule has 2 aromatic rings. The van der Waals surface area contributed by atoms with Gasteiger partial charge in [0.2, 0.25) is 0 Å². The fourth-order valence-electron chi connectivity index (χ4n) is 1.74. The van der Waals surface area contributed by atoms with Gasteiger partial charge in [0.25, 0.3) is 0 Å². The van der Waals surface area contributed by atoms with Crippen molar-refractivity contribution in [3.63, 3.8) is 0 Å². The highest BCUT2D eigenvalue weighted by Crippen LogP contribution is 2.29. The molecule has 0 spiro atoms. The second-order valence-electron chi connectivity index (χ2n) is 4.09. The van der Waals surface area contributed by atoms with E-state index >= 15 is 0 Å². The van der Waals surface area contributed by atoms with E-state index in [4.69, 9.17) is 17.4 Å². The number of nitrogen functional groups attached to an aromatic ring is 1. The van der Waals surface area contributed by atoms with Crippen molar-refractivity contribution in [1.29, 1.82) is 0 Å². The van der Waals surface area contributed by atoms with Gasteiger partial charge in [-0.15, -0.1) is 0 Å². The molecule has 6 heteroatoms. The monoisotopic (exact) mass is 340 g/mol. The number of hydrogen-bond acceptors (Lipinski definition) is 4. The first-order valence-corrected chi connectivity index (χ1v) is 7.11. The minimum Gasteiger partial charge on any atom is -0.308 e. The molecule has 1 aromatic heterocycles. The largest absolute Gasteiger partial charge is 0.308 e. The molecule has 2 rings (SSSR count). The van der Waals surface area contributed by atoms with Gasteiger partial charge in [-0.25, -0.2) is 15.8 Å². The van der Waals surface area contributed by atoms with Crippen LogP contribution in [0.15, 0.2) is 28.7 Å². The summed E-state index contributed by atoms with van der Waals surface area (Å²) >= 11 is 9.51. The smallest absolute Gasteiger partial charge is 0.163 e. The number of hydrazine groups is 1. The molecule has 0 saturated carbocycles. The van der Waals surface area contributed by atoms with Gasteiger partial charge in [-0.05, 0) is 24.6 Å². The summed E-state index contributed by atoms with van der Waals surface area (Å²) in [6.07, 6.45) is 1.89. The van der Waals surface area contributed by atoms with Crippen molar-refractivity contribution in [1.82, 2.24) is 9.97 Å². The lowest BCUT2D eigenvalue weighted by atomic mass is 10.2. The van der Waals surface area contributed by atoms with Gasteiger partial charge < -0.3 is 5.43 Å². The highest BCUT2D eigenvalue weighted by molar-refractivity contribution is 9.10. The number of aryl methyl sites for hydroxylation is 1. The summed E-state index contributed by atoms with van der Waals surface area (Å²) in [5, 5.41) is 0.643. The molecule has 100 valence electrons. The fraction of sp³-hybridized carbons (Fsp3) is 0.231. The van der Waals surface area contributed by atoms with Crippen molar-refractivity contribution in [2.75, 3.05) is 5.43 Å². The second kappa shape index (κ2) is 6.32. The Balaban J connectivity index is 2.54. The molecular weight excluding hydrogens is 328 g/mol. The van der Waals surface area contributed by atoms with Crippen LogP contribution < -0.4 is 11.3 Å². The van der Waals surface area contributed by atoms with Crippen molar-refractivity contribution >= 4 is 33.3 Å². The average Bonchev–Trinajstić information content (AvgIpc) is 2.41. The van der Waals surface area contributed by atoms with Gasteiger partial charge in [-0.2, -0.15) is 0 Å². The molecule has 0 aliphatic carbocycles. The first kappa shape index (κ1) is 14.2. The highest BCUT2D eigenvalue weighted by atomic mass is 79.9. The number of benzene rings is 1. The van der Waals surface area contributed by atoms with E-state index in [1.165, 1.54) is 0 Å². The molecule has 0 unspecified atom stereocenters. The van der Waals surface area contributed by atoms with Crippen molar-refractivity contribution in [3.05, 3.63) is 39.5 Å². The van der Waals surface area contributed by atoms with Crippen LogP contribution in [0.4, 0.5) is 5.82 Å². The summed E-state index contributed by atoms with van der Waals surface area (Å²) in [5.41, 5.74) is 4.37. The van der Waals surface area contributed by atoms with E-state index in [0.29, 0.717) is 16.7 Å². The predicted molar refractivity (Wildman–Crippen MR) is 82.0 cm³/mol. The Morgan fingerprint density at radius 1 is 1.32 bits per heavy atom. The molecule has 0 aliphatic rings. The maximum Gasteiger partial charge on any atom is 0.163 e. The average molecular weight is 342 g/mol. The van der Waals surface area contributed by atoms with E-state index in [-0.39, 0.29) is 0 Å². The number of nitrogens with zero attached hydrogens (tertiary/aromatic N) is 2. The van der Waals surface area contributed by atoms with Gasteiger partial charge in [0, 0.05) is 26.8 Å². The quantitative estimate of drug-likeness (QED) is 0.656. The zero-order chi connectivity index (χ0) is 13.8. The second-order valence-corrected chi connectivity index (χ2v) is 5.38. The summed E-state index contributed by atoms with van der Waals surface area (Å²) in [4.78, 5) is 8.92. The van der Waals surface area contributed by atoms with Crippen LogP contribution in [0.1, 0.15) is 19.0 Å². The minimum atomic E-state index is 0.598. The van der Waals surface area contributed by atoms with Crippen LogP contribution in [-0.2, 0) is 6.42 Å². The van der Waals surface area contributed by atoms with Crippen molar-refractivity contribution in [3.8, 4) is 11.4 Å². The van der Waals surface area contributed by atoms with Crippen LogP contribution in [0.5, 0.6) is 0 Å². The van der Waals surface area contributed by atoms with Gasteiger partial charge in [0.1, 0.15) is 5.82 Å². The zero-order valence-electron chi connectivity index (χ0n) is 10.5. The van der Waals surface area contributed by atoms with Crippen LogP contribution in [-0.4, -0.2) is 9.97 Å². The van der Waals surface area contributed by atoms with Gasteiger partial charge in [-0.1, -0.05) is 40.9 Å². The molecule has 3 N–H and O–H groups in total. The van der Waals surface area contributed by atoms with Crippen molar-refractivity contribution in [2.45, 2.75) is 19.8 Å². The van der Waals surface area contributed by atoms with Crippen LogP contribution in [0.25, 0.3) is 11.4 Å². The summed E-state index contributed by atoms with van der Waals surface area (Å²) in [5.74, 6) is 6.65. The normalized spacial score (nSPS) is 10.5. The predicted octanol–water partition coefficient (Wildman–Crippen LogP) is 3.80. The van der Waals surface area contributed by atoms with E-state index in [2.05, 4.69) is 38.2 Å². The first-order chi connectivity index (χ1) is 9.13. The van der Waals surface area contributed by atoms with Gasteiger partial charge in [0.05, 0.1) is 0 Å². The SMILES string of the molecule is CCCc1cc(NN)nc(-c2cc(Cl)ccc2Br)n1. The van der Waals surface area contributed by atoms with Gasteiger partial charge >= 0.3 is 0 Å². The Labute approximate surface area is 125 Å². The van der Waals surface area contributed by atoms with E-state index in [1.807, 2.05) is 24.3 Å². The molecular formula is C13H14BrClN4. The van der Waals surface area contributed by atoms with Crippen LogP contribution in [0.3, 0.4) is 0 Å². The lowest BCUT2D eigenvalue weighted by Gasteiger charge is -2.09. The molecule has 0 radical (unpaired) electrons. The molecule has 0 saturated heterocycles. The molecule has 0 fully saturated rings. The van der Waals surface area contributed by atoms with Gasteiger partial charge in [0.15, 0.2) is 5.82 Å². The molecule has 4 nitrogen and oxygen atoms in total. The van der Waals surface area contributed by atoms with Gasteiger partial charge in [-0.3, -0.25) is 0 Å². The molecule has 0 aliphatic heterocycles. The van der Waals surface area contributed by atoms with Crippen molar-refractivity contribution in [2.24, 2.45) is 5.84 Å². The summed E-state index contributed by atoms with van der Waals surface area (Å²) in [7, 11) is 0. The zero-order valence-corrected chi connectivity index (χ0v) is 12.8. The molecule has 1 aromatic carbocycles. The maximum absolute atomic E-state index is 6.02. The van der Waals surface area contributed by atoms with E-state index in [9.17, 15) is 0 Å². The Morgan fingerprint density at radius 3 is 2.79 bits per heavy atom. The molecule has 0 bridgehead atoms. The Kier molecular flexibility index (Phi) is 4.74. The Morgan fingerprint density at radius 2 is 2.11 bits per heavy atom. The number of rotatable bonds is 4. The number of anilines is 1. The van der Waals surface area contributed by atoms with Crippen LogP contribution in [0, 0.1) is 0 Å². The highest BCUT2D eigenvalue weighted by Gasteiger charge is 2.10. The van der Waals surface area contributed by atoms with Crippen LogP contribution in [0.2, 0.25) is 5.02 Å². The molecule has 0 amide bonds. The molecule has 1 heterocycles. The number of aromatic nitrogens is 2. The third-order valence-corrected chi connectivity index (χ3v) is 3.53. The third kappa shape index (κ3) is 3.43. The van der Waals surface area contributed by atoms with E-state index in [1.54, 1.807) is 0 Å². The summed E-state index contributed by atoms with van der Waals surface area (Å²) < 4.78 is 0.897. The number of nitrogens with two attached hydrogens (primary N) is 1. The Bertz CT molecular complexity index is 589. The number of halogens is 2. The van der Waals surface area contributed by atoms with Crippen molar-refractivity contribution < 1.29 is 0 Å². The van der Waals surface area contributed by atoms with Crippen LogP contribution >= 0.6 is 27.5 Å². The lowest BCUT2D eigenvalue weighted by molar-refractivity contribution is 0.875. The number of hydrogen-bond donors (Lipinski definition) is 2. The first-order valence-electron chi connectivity index (χ1n) is 5.94. The standard InChI is InChI=1S/C13H14BrClN4/c1-2-3-9-7-12(19-16)18-13(17-9)10-6-8(15)4-5-11(10)14/h4-7H,2-3,16H2,1H3,(H,17,18,19).